The maximum Gasteiger partial charge on any atom is 0.138 e. The van der Waals surface area contributed by atoms with E-state index in [2.05, 4.69) is 56.8 Å². The van der Waals surface area contributed by atoms with Gasteiger partial charge < -0.3 is 27.2 Å². The third-order valence-electron chi connectivity index (χ3n) is 5.85. The highest BCUT2D eigenvalue weighted by Gasteiger charge is 2.34. The number of aromatic nitrogens is 2. The number of halogens is 1. The summed E-state index contributed by atoms with van der Waals surface area (Å²) >= 11 is 3.42. The van der Waals surface area contributed by atoms with Crippen LogP contribution in [0.5, 0.6) is 5.75 Å². The van der Waals surface area contributed by atoms with Crippen molar-refractivity contribution in [2.45, 2.75) is 32.1 Å². The molecule has 2 atom stereocenters. The number of nitrogens with two attached hydrogens (primary N) is 3. The maximum atomic E-state index is 10.1. The number of para-hydroxylation sites is 1. The molecule has 2 aromatic rings. The Hall–Kier alpha value is -3.00. The van der Waals surface area contributed by atoms with E-state index in [1.165, 1.54) is 0 Å². The highest BCUT2D eigenvalue weighted by molar-refractivity contribution is 9.10. The first-order chi connectivity index (χ1) is 15.3. The Kier molecular flexibility index (Phi) is 7.45. The van der Waals surface area contributed by atoms with Crippen LogP contribution in [0, 0.1) is 5.92 Å². The van der Waals surface area contributed by atoms with Crippen molar-refractivity contribution in [1.29, 1.82) is 0 Å². The Morgan fingerprint density at radius 2 is 1.94 bits per heavy atom. The molecule has 170 valence electrons. The van der Waals surface area contributed by atoms with E-state index in [-0.39, 0.29) is 17.0 Å². The van der Waals surface area contributed by atoms with Gasteiger partial charge in [0, 0.05) is 42.2 Å². The fourth-order valence-electron chi connectivity index (χ4n) is 4.26. The third-order valence-corrected chi connectivity index (χ3v) is 6.26. The molecular weight excluding hydrogens is 468 g/mol. The van der Waals surface area contributed by atoms with E-state index in [0.717, 1.165) is 29.7 Å². The van der Waals surface area contributed by atoms with E-state index in [0.29, 0.717) is 29.4 Å². The zero-order valence-corrected chi connectivity index (χ0v) is 20.1. The van der Waals surface area contributed by atoms with E-state index in [1.54, 1.807) is 36.7 Å². The second-order valence-corrected chi connectivity index (χ2v) is 9.22. The lowest BCUT2D eigenvalue weighted by Gasteiger charge is -2.37. The number of allylic oxidation sites excluding steroid dienone is 2. The maximum absolute atomic E-state index is 10.1. The lowest BCUT2D eigenvalue weighted by Crippen LogP contribution is -2.37. The zero-order chi connectivity index (χ0) is 23.3. The Bertz CT molecular complexity index is 1030. The molecule has 1 aliphatic rings. The number of hydrogen-bond acceptors (Lipinski definition) is 7. The normalized spacial score (nSPS) is 22.7. The van der Waals surface area contributed by atoms with Gasteiger partial charge in [-0.05, 0) is 52.9 Å². The van der Waals surface area contributed by atoms with Gasteiger partial charge in [-0.25, -0.2) is 9.97 Å². The minimum absolute atomic E-state index is 0.111. The van der Waals surface area contributed by atoms with E-state index in [4.69, 9.17) is 17.2 Å². The molecule has 2 heterocycles. The average Bonchev–Trinajstić information content (AvgIpc) is 2.75. The van der Waals surface area contributed by atoms with Crippen LogP contribution in [-0.4, -0.2) is 33.1 Å². The van der Waals surface area contributed by atoms with Gasteiger partial charge in [0.05, 0.1) is 10.2 Å². The molecule has 1 aromatic heterocycles. The summed E-state index contributed by atoms with van der Waals surface area (Å²) in [4.78, 5) is 11.3. The van der Waals surface area contributed by atoms with Crippen molar-refractivity contribution in [1.82, 2.24) is 14.9 Å². The fraction of sp³-hybridized carbons (Fsp3) is 0.333. The second kappa shape index (κ2) is 10.1. The van der Waals surface area contributed by atoms with Crippen molar-refractivity contribution in [3.63, 3.8) is 0 Å². The molecule has 7 nitrogen and oxygen atoms in total. The van der Waals surface area contributed by atoms with Crippen LogP contribution in [0.1, 0.15) is 38.1 Å². The molecule has 7 N–H and O–H groups in total. The Balaban J connectivity index is 1.92. The summed E-state index contributed by atoms with van der Waals surface area (Å²) in [6, 6.07) is 6.93. The summed E-state index contributed by atoms with van der Waals surface area (Å²) in [5.41, 5.74) is 19.8. The number of phenolic OH excluding ortho intramolecular Hbond substituents is 1. The molecule has 0 spiro atoms. The van der Waals surface area contributed by atoms with Gasteiger partial charge in [-0.1, -0.05) is 38.1 Å². The van der Waals surface area contributed by atoms with Crippen LogP contribution in [0.25, 0.3) is 5.70 Å². The molecule has 2 unspecified atom stereocenters. The van der Waals surface area contributed by atoms with E-state index < -0.39 is 0 Å². The summed E-state index contributed by atoms with van der Waals surface area (Å²) < 4.78 is 0.864. The quantitative estimate of drug-likeness (QED) is 0.366. The van der Waals surface area contributed by atoms with Crippen LogP contribution in [0.2, 0.25) is 0 Å². The first kappa shape index (κ1) is 23.7. The SMILES string of the molecule is CCC1(c2ncc(Br)cn2)/C=C\CN(C(/C=C(\N)c2ccccc2O)=C(N)N)CC(C)C1. The molecule has 0 bridgehead atoms. The number of aromatic hydroxyl groups is 1. The molecule has 8 heteroatoms. The molecule has 0 aliphatic carbocycles. The number of rotatable bonds is 5. The molecule has 0 fully saturated rings. The van der Waals surface area contributed by atoms with E-state index >= 15 is 0 Å². The van der Waals surface area contributed by atoms with Gasteiger partial charge in [0.1, 0.15) is 17.4 Å². The predicted octanol–water partition coefficient (Wildman–Crippen LogP) is 3.58. The van der Waals surface area contributed by atoms with Crippen LogP contribution >= 0.6 is 15.9 Å². The van der Waals surface area contributed by atoms with Crippen LogP contribution in [0.4, 0.5) is 0 Å². The first-order valence-corrected chi connectivity index (χ1v) is 11.5. The van der Waals surface area contributed by atoms with Gasteiger partial charge >= 0.3 is 0 Å². The Morgan fingerprint density at radius 1 is 1.25 bits per heavy atom. The van der Waals surface area contributed by atoms with Crippen molar-refractivity contribution < 1.29 is 5.11 Å². The highest BCUT2D eigenvalue weighted by atomic mass is 79.9. The molecule has 0 radical (unpaired) electrons. The fourth-order valence-corrected chi connectivity index (χ4v) is 4.47. The first-order valence-electron chi connectivity index (χ1n) is 10.7. The molecule has 0 saturated heterocycles. The van der Waals surface area contributed by atoms with Crippen molar-refractivity contribution >= 4 is 21.6 Å². The van der Waals surface area contributed by atoms with Gasteiger partial charge in [0.15, 0.2) is 0 Å². The topological polar surface area (TPSA) is 127 Å². The molecule has 0 amide bonds. The number of hydrogen-bond donors (Lipinski definition) is 4. The number of nitrogens with zero attached hydrogens (tertiary/aromatic N) is 3. The average molecular weight is 499 g/mol. The minimum atomic E-state index is -0.227. The minimum Gasteiger partial charge on any atom is -0.507 e. The van der Waals surface area contributed by atoms with Crippen LogP contribution in [0.3, 0.4) is 0 Å². The lowest BCUT2D eigenvalue weighted by atomic mass is 9.75. The second-order valence-electron chi connectivity index (χ2n) is 8.31. The smallest absolute Gasteiger partial charge is 0.138 e. The molecule has 1 aliphatic heterocycles. The predicted molar refractivity (Wildman–Crippen MR) is 132 cm³/mol. The van der Waals surface area contributed by atoms with Crippen LogP contribution < -0.4 is 17.2 Å². The zero-order valence-electron chi connectivity index (χ0n) is 18.5. The Labute approximate surface area is 197 Å². The van der Waals surface area contributed by atoms with Gasteiger partial charge in [-0.15, -0.1) is 0 Å². The van der Waals surface area contributed by atoms with Crippen LogP contribution in [0.15, 0.2) is 70.9 Å². The molecule has 0 saturated carbocycles. The van der Waals surface area contributed by atoms with Gasteiger partial charge in [0.25, 0.3) is 0 Å². The monoisotopic (exact) mass is 498 g/mol. The van der Waals surface area contributed by atoms with Crippen molar-refractivity contribution in [3.8, 4) is 5.75 Å². The standard InChI is InChI=1S/C24H31BrN6O/c1-3-24(23-29-13-17(25)14-30-23)9-6-10-31(15-16(2)12-24)20(22(27)28)11-19(26)18-7-4-5-8-21(18)32/h4-9,11,13-14,16,32H,3,10,12,15,26-28H2,1-2H3/b9-6-,19-11-. The van der Waals surface area contributed by atoms with Crippen molar-refractivity contribution in [2.75, 3.05) is 13.1 Å². The summed E-state index contributed by atoms with van der Waals surface area (Å²) in [7, 11) is 0. The number of benzene rings is 1. The summed E-state index contributed by atoms with van der Waals surface area (Å²) in [6.07, 6.45) is 11.4. The highest BCUT2D eigenvalue weighted by Crippen LogP contribution is 2.36. The van der Waals surface area contributed by atoms with Gasteiger partial charge in [-0.2, -0.15) is 0 Å². The van der Waals surface area contributed by atoms with Crippen molar-refractivity contribution in [2.24, 2.45) is 23.1 Å². The third kappa shape index (κ3) is 5.24. The van der Waals surface area contributed by atoms with E-state index in [1.807, 2.05) is 6.07 Å². The summed E-state index contributed by atoms with van der Waals surface area (Å²) in [6.45, 7) is 5.72. The molecule has 32 heavy (non-hydrogen) atoms. The van der Waals surface area contributed by atoms with Crippen LogP contribution in [-0.2, 0) is 5.41 Å². The van der Waals surface area contributed by atoms with Gasteiger partial charge in [0.2, 0.25) is 0 Å². The molecular formula is C24H31BrN6O. The molecule has 1 aromatic carbocycles. The van der Waals surface area contributed by atoms with Gasteiger partial charge in [-0.3, -0.25) is 0 Å². The summed E-state index contributed by atoms with van der Waals surface area (Å²) in [5, 5.41) is 10.1. The number of phenols is 1. The van der Waals surface area contributed by atoms with Crippen molar-refractivity contribution in [3.05, 3.63) is 82.3 Å². The summed E-state index contributed by atoms with van der Waals surface area (Å²) in [5.74, 6) is 1.43. The lowest BCUT2D eigenvalue weighted by molar-refractivity contribution is 0.264. The van der Waals surface area contributed by atoms with E-state index in [9.17, 15) is 5.11 Å². The largest absolute Gasteiger partial charge is 0.507 e. The molecule has 3 rings (SSSR count). The Morgan fingerprint density at radius 3 is 2.56 bits per heavy atom.